The minimum atomic E-state index is -5.04. The van der Waals surface area contributed by atoms with Crippen molar-refractivity contribution in [2.45, 2.75) is 52.4 Å². The predicted molar refractivity (Wildman–Crippen MR) is 285 cm³/mol. The molecule has 13 rings (SSSR count). The van der Waals surface area contributed by atoms with Crippen LogP contribution in [0, 0.1) is 39.0 Å². The standard InChI is InChI=1S/C62H36F12N6/c1-30-5-17-47-42(21-30)43-22-31(2)6-18-48(43)79(47)57-55(77-51-25-34(59(63,64)65)9-13-38(51)39-14-10-35(26-52(39)77)60(66,67)68)46(29-75)56(58(76-57)80-49-19-7-32(3)23-44(49)45-24-33(4)8-20-50(45)80)78-53-27-36(61(69,70)71)11-15-40(53)41-16-12-37(28-54(41)78)62(72,73)74/h5-28H,1-4H3. The van der Waals surface area contributed by atoms with Crippen molar-refractivity contribution in [1.29, 1.82) is 5.26 Å². The molecule has 398 valence electrons. The zero-order valence-electron chi connectivity index (χ0n) is 42.1. The lowest BCUT2D eigenvalue weighted by Crippen LogP contribution is -2.17. The Labute approximate surface area is 444 Å². The van der Waals surface area contributed by atoms with Gasteiger partial charge in [-0.25, -0.2) is 4.98 Å². The molecule has 0 aliphatic heterocycles. The van der Waals surface area contributed by atoms with E-state index in [1.54, 1.807) is 57.7 Å². The molecule has 0 N–H and O–H groups in total. The van der Waals surface area contributed by atoms with Crippen LogP contribution in [0.3, 0.4) is 0 Å². The maximum Gasteiger partial charge on any atom is 0.416 e. The van der Waals surface area contributed by atoms with Crippen LogP contribution in [0.25, 0.3) is 110 Å². The summed E-state index contributed by atoms with van der Waals surface area (Å²) >= 11 is 0. The van der Waals surface area contributed by atoms with Crippen LogP contribution < -0.4 is 0 Å². The largest absolute Gasteiger partial charge is 0.416 e. The number of hydrogen-bond acceptors (Lipinski definition) is 2. The lowest BCUT2D eigenvalue weighted by molar-refractivity contribution is -0.138. The van der Waals surface area contributed by atoms with Gasteiger partial charge in [-0.1, -0.05) is 70.8 Å². The van der Waals surface area contributed by atoms with Gasteiger partial charge in [-0.2, -0.15) is 57.9 Å². The van der Waals surface area contributed by atoms with E-state index in [9.17, 15) is 5.26 Å². The molecule has 0 aliphatic carbocycles. The molecule has 0 spiro atoms. The van der Waals surface area contributed by atoms with Gasteiger partial charge in [-0.05, 0) is 125 Å². The van der Waals surface area contributed by atoms with Crippen LogP contribution in [0.4, 0.5) is 52.7 Å². The number of aryl methyl sites for hydroxylation is 4. The number of benzene rings is 8. The lowest BCUT2D eigenvalue weighted by atomic mass is 10.1. The summed E-state index contributed by atoms with van der Waals surface area (Å²) in [5.41, 5.74) is -2.97. The van der Waals surface area contributed by atoms with Gasteiger partial charge in [0.15, 0.2) is 11.6 Å². The van der Waals surface area contributed by atoms with Crippen molar-refractivity contribution in [2.24, 2.45) is 0 Å². The molecule has 80 heavy (non-hydrogen) atoms. The Morgan fingerprint density at radius 2 is 0.562 bits per heavy atom. The second-order valence-electron chi connectivity index (χ2n) is 20.3. The first-order valence-electron chi connectivity index (χ1n) is 24.8. The van der Waals surface area contributed by atoms with Gasteiger partial charge in [0.1, 0.15) is 23.0 Å². The summed E-state index contributed by atoms with van der Waals surface area (Å²) in [5, 5.41) is 14.9. The molecule has 18 heteroatoms. The van der Waals surface area contributed by atoms with Crippen molar-refractivity contribution >= 4 is 87.2 Å². The fourth-order valence-electron chi connectivity index (χ4n) is 11.6. The normalized spacial score (nSPS) is 13.0. The van der Waals surface area contributed by atoms with E-state index >= 15 is 52.7 Å². The Morgan fingerprint density at radius 1 is 0.312 bits per heavy atom. The molecular weight excluding hydrogens is 1060 g/mol. The van der Waals surface area contributed by atoms with Crippen LogP contribution in [0.15, 0.2) is 146 Å². The minimum absolute atomic E-state index is 0.00491. The molecule has 5 aromatic heterocycles. The maximum atomic E-state index is 15.1. The molecule has 0 unspecified atom stereocenters. The molecule has 0 atom stereocenters. The van der Waals surface area contributed by atoms with Gasteiger partial charge < -0.3 is 9.13 Å². The van der Waals surface area contributed by atoms with Gasteiger partial charge in [0.25, 0.3) is 0 Å². The van der Waals surface area contributed by atoms with E-state index in [-0.39, 0.29) is 55.2 Å². The third-order valence-electron chi connectivity index (χ3n) is 15.1. The highest BCUT2D eigenvalue weighted by atomic mass is 19.4. The molecule has 13 aromatic rings. The average Bonchev–Trinajstić information content (AvgIpc) is 4.15. The van der Waals surface area contributed by atoms with E-state index in [1.807, 2.05) is 52.0 Å². The molecule has 8 aromatic carbocycles. The molecule has 0 saturated heterocycles. The number of pyridine rings is 1. The maximum absolute atomic E-state index is 15.1. The Kier molecular flexibility index (Phi) is 10.6. The first kappa shape index (κ1) is 50.3. The summed E-state index contributed by atoms with van der Waals surface area (Å²) < 4.78 is 186. The first-order valence-corrected chi connectivity index (χ1v) is 24.8. The van der Waals surface area contributed by atoms with Gasteiger partial charge >= 0.3 is 24.7 Å². The van der Waals surface area contributed by atoms with Gasteiger partial charge in [-0.15, -0.1) is 0 Å². The van der Waals surface area contributed by atoms with Crippen LogP contribution in [-0.4, -0.2) is 23.3 Å². The topological polar surface area (TPSA) is 56.4 Å². The summed E-state index contributed by atoms with van der Waals surface area (Å²) in [7, 11) is 0. The van der Waals surface area contributed by atoms with Gasteiger partial charge in [0.2, 0.25) is 0 Å². The van der Waals surface area contributed by atoms with Crippen LogP contribution in [0.2, 0.25) is 0 Å². The smallest absolute Gasteiger partial charge is 0.305 e. The minimum Gasteiger partial charge on any atom is -0.305 e. The molecule has 0 aliphatic rings. The Balaban J connectivity index is 1.37. The third kappa shape index (κ3) is 7.53. The van der Waals surface area contributed by atoms with E-state index in [1.165, 1.54) is 0 Å². The predicted octanol–water partition coefficient (Wildman–Crippen LogP) is 18.7. The van der Waals surface area contributed by atoms with Gasteiger partial charge in [0.05, 0.1) is 66.4 Å². The van der Waals surface area contributed by atoms with Crippen molar-refractivity contribution in [3.8, 4) is 29.1 Å². The second-order valence-corrected chi connectivity index (χ2v) is 20.3. The van der Waals surface area contributed by atoms with Crippen molar-refractivity contribution in [1.82, 2.24) is 23.3 Å². The van der Waals surface area contributed by atoms with E-state index in [4.69, 9.17) is 4.98 Å². The zero-order valence-corrected chi connectivity index (χ0v) is 42.1. The number of alkyl halides is 12. The molecule has 0 radical (unpaired) electrons. The van der Waals surface area contributed by atoms with Crippen LogP contribution >= 0.6 is 0 Å². The summed E-state index contributed by atoms with van der Waals surface area (Å²) in [5.74, 6) is -0.493. The van der Waals surface area contributed by atoms with E-state index in [2.05, 4.69) is 6.07 Å². The Bertz CT molecular complexity index is 4340. The van der Waals surface area contributed by atoms with Gasteiger partial charge in [-0.3, -0.25) is 9.13 Å². The molecular formula is C62H36F12N6. The van der Waals surface area contributed by atoms with E-state index < -0.39 is 63.9 Å². The van der Waals surface area contributed by atoms with Crippen LogP contribution in [0.5, 0.6) is 0 Å². The highest BCUT2D eigenvalue weighted by molar-refractivity contribution is 6.15. The summed E-state index contributed by atoms with van der Waals surface area (Å²) in [6.45, 7) is 7.40. The number of halogens is 12. The number of rotatable bonds is 4. The van der Waals surface area contributed by atoms with Crippen molar-refractivity contribution < 1.29 is 52.7 Å². The second kappa shape index (κ2) is 16.9. The third-order valence-corrected chi connectivity index (χ3v) is 15.1. The lowest BCUT2D eigenvalue weighted by Gasteiger charge is -2.24. The first-order chi connectivity index (χ1) is 37.8. The molecule has 5 heterocycles. The molecule has 0 fully saturated rings. The van der Waals surface area contributed by atoms with Crippen LogP contribution in [-0.2, 0) is 24.7 Å². The highest BCUT2D eigenvalue weighted by Gasteiger charge is 2.38. The van der Waals surface area contributed by atoms with E-state index in [0.29, 0.717) is 43.6 Å². The zero-order chi connectivity index (χ0) is 56.4. The highest BCUT2D eigenvalue weighted by Crippen LogP contribution is 2.48. The number of nitrogens with zero attached hydrogens (tertiary/aromatic N) is 6. The number of nitriles is 1. The van der Waals surface area contributed by atoms with Gasteiger partial charge in [0, 0.05) is 43.1 Å². The van der Waals surface area contributed by atoms with E-state index in [0.717, 1.165) is 104 Å². The Morgan fingerprint density at radius 3 is 0.787 bits per heavy atom. The number of aromatic nitrogens is 5. The molecule has 0 bridgehead atoms. The average molecular weight is 1090 g/mol. The van der Waals surface area contributed by atoms with Crippen molar-refractivity contribution in [3.05, 3.63) is 196 Å². The summed E-state index contributed by atoms with van der Waals surface area (Å²) in [4.78, 5) is 5.52. The quantitative estimate of drug-likeness (QED) is 0.165. The number of hydrogen-bond donors (Lipinski definition) is 0. The fourth-order valence-corrected chi connectivity index (χ4v) is 11.6. The van der Waals surface area contributed by atoms with Crippen molar-refractivity contribution in [3.63, 3.8) is 0 Å². The monoisotopic (exact) mass is 1090 g/mol. The molecule has 6 nitrogen and oxygen atoms in total. The van der Waals surface area contributed by atoms with Crippen molar-refractivity contribution in [2.75, 3.05) is 0 Å². The van der Waals surface area contributed by atoms with Crippen LogP contribution in [0.1, 0.15) is 50.1 Å². The number of fused-ring (bicyclic) bond motifs is 12. The summed E-state index contributed by atoms with van der Waals surface area (Å²) in [6.07, 6.45) is -20.1. The summed E-state index contributed by atoms with van der Waals surface area (Å²) in [6, 6.07) is 34.2. The SMILES string of the molecule is Cc1ccc2c(c1)c1cc(C)ccc1n2-c1nc(-n2c3ccc(C)cc3c3cc(C)ccc32)c(-n2c3cc(C(F)(F)F)ccc3c3ccc(C(F)(F)F)cc32)c(C#N)c1-n1c2cc(C(F)(F)F)ccc2c2ccc(C(F)(F)F)cc21. The fraction of sp³-hybridized carbons (Fsp3) is 0.129. The Hall–Kier alpha value is -9.24. The molecule has 0 amide bonds. The molecule has 0 saturated carbocycles.